The Labute approximate surface area is 120 Å². The molecule has 114 valence electrons. The largest absolute Gasteiger partial charge is 0.480 e. The van der Waals surface area contributed by atoms with Crippen LogP contribution in [0.3, 0.4) is 0 Å². The van der Waals surface area contributed by atoms with Gasteiger partial charge in [-0.05, 0) is 12.8 Å². The maximum absolute atomic E-state index is 12.2. The van der Waals surface area contributed by atoms with Gasteiger partial charge in [0.1, 0.15) is 11.7 Å². The highest BCUT2D eigenvalue weighted by molar-refractivity contribution is 5.99. The number of aromatic nitrogens is 2. The molecule has 0 aliphatic heterocycles. The van der Waals surface area contributed by atoms with Crippen molar-refractivity contribution >= 4 is 17.6 Å². The van der Waals surface area contributed by atoms with Gasteiger partial charge in [0.05, 0.1) is 4.92 Å². The summed E-state index contributed by atoms with van der Waals surface area (Å²) in [4.78, 5) is 33.9. The molecule has 21 heavy (non-hydrogen) atoms. The number of rotatable bonds is 4. The maximum Gasteiger partial charge on any atom is 0.329 e. The van der Waals surface area contributed by atoms with Crippen LogP contribution < -0.4 is 5.32 Å². The highest BCUT2D eigenvalue weighted by Gasteiger charge is 2.42. The van der Waals surface area contributed by atoms with Gasteiger partial charge >= 0.3 is 11.7 Å². The number of nitrogens with one attached hydrogen (secondary N) is 1. The molecule has 1 aliphatic rings. The van der Waals surface area contributed by atoms with Gasteiger partial charge in [0.25, 0.3) is 5.91 Å². The quantitative estimate of drug-likeness (QED) is 0.626. The zero-order valence-corrected chi connectivity index (χ0v) is 11.5. The van der Waals surface area contributed by atoms with Gasteiger partial charge in [-0.15, -0.1) is 0 Å². The number of hydrogen-bond acceptors (Lipinski definition) is 5. The van der Waals surface area contributed by atoms with Crippen molar-refractivity contribution in [2.75, 3.05) is 0 Å². The number of carbonyl (C=O) groups is 2. The van der Waals surface area contributed by atoms with Gasteiger partial charge < -0.3 is 10.4 Å². The lowest BCUT2D eigenvalue weighted by molar-refractivity contribution is -0.385. The first-order chi connectivity index (χ1) is 9.85. The average molecular weight is 296 g/mol. The highest BCUT2D eigenvalue weighted by Crippen LogP contribution is 2.29. The standard InChI is InChI=1S/C12H16N4O5/c1-15-7-8(16(20)21)9(14-15)10(17)13-12(11(18)19)5-3-2-4-6-12/h7H,2-6H2,1H3,(H,13,17)(H,18,19). The minimum Gasteiger partial charge on any atom is -0.480 e. The third-order valence-corrected chi connectivity index (χ3v) is 3.69. The van der Waals surface area contributed by atoms with E-state index in [2.05, 4.69) is 10.4 Å². The fourth-order valence-electron chi connectivity index (χ4n) is 2.60. The summed E-state index contributed by atoms with van der Waals surface area (Å²) < 4.78 is 1.15. The lowest BCUT2D eigenvalue weighted by Crippen LogP contribution is -2.55. The molecule has 9 heteroatoms. The van der Waals surface area contributed by atoms with Crippen molar-refractivity contribution in [3.63, 3.8) is 0 Å². The minimum atomic E-state index is -1.36. The zero-order chi connectivity index (χ0) is 15.6. The van der Waals surface area contributed by atoms with E-state index in [4.69, 9.17) is 0 Å². The van der Waals surface area contributed by atoms with E-state index in [1.807, 2.05) is 0 Å². The summed E-state index contributed by atoms with van der Waals surface area (Å²) >= 11 is 0. The molecule has 1 fully saturated rings. The first-order valence-corrected chi connectivity index (χ1v) is 6.60. The van der Waals surface area contributed by atoms with E-state index in [9.17, 15) is 24.8 Å². The van der Waals surface area contributed by atoms with Crippen LogP contribution in [-0.2, 0) is 11.8 Å². The Hall–Kier alpha value is -2.45. The molecule has 1 aromatic rings. The van der Waals surface area contributed by atoms with Crippen molar-refractivity contribution in [1.29, 1.82) is 0 Å². The van der Waals surface area contributed by atoms with Gasteiger partial charge in [-0.2, -0.15) is 5.10 Å². The van der Waals surface area contributed by atoms with Gasteiger partial charge in [-0.1, -0.05) is 19.3 Å². The maximum atomic E-state index is 12.2. The molecule has 1 heterocycles. The lowest BCUT2D eigenvalue weighted by atomic mass is 9.81. The predicted molar refractivity (Wildman–Crippen MR) is 70.8 cm³/mol. The molecule has 1 aliphatic carbocycles. The number of nitrogens with zero attached hydrogens (tertiary/aromatic N) is 3. The third kappa shape index (κ3) is 2.86. The Kier molecular flexibility index (Phi) is 3.92. The number of aryl methyl sites for hydroxylation is 1. The van der Waals surface area contributed by atoms with E-state index < -0.39 is 28.0 Å². The molecule has 2 N–H and O–H groups in total. The average Bonchev–Trinajstić information content (AvgIpc) is 2.82. The topological polar surface area (TPSA) is 127 Å². The molecule has 1 saturated carbocycles. The zero-order valence-electron chi connectivity index (χ0n) is 11.5. The fourth-order valence-corrected chi connectivity index (χ4v) is 2.60. The van der Waals surface area contributed by atoms with Crippen LogP contribution in [0.1, 0.15) is 42.6 Å². The molecule has 0 spiro atoms. The van der Waals surface area contributed by atoms with Gasteiger partial charge in [-0.25, -0.2) is 4.79 Å². The molecule has 2 rings (SSSR count). The van der Waals surface area contributed by atoms with Crippen LogP contribution in [0.15, 0.2) is 6.20 Å². The van der Waals surface area contributed by atoms with E-state index in [0.717, 1.165) is 17.3 Å². The van der Waals surface area contributed by atoms with Crippen LogP contribution in [0.5, 0.6) is 0 Å². The summed E-state index contributed by atoms with van der Waals surface area (Å²) in [6, 6.07) is 0. The van der Waals surface area contributed by atoms with Gasteiger partial charge in [0.2, 0.25) is 5.69 Å². The third-order valence-electron chi connectivity index (χ3n) is 3.69. The molecule has 0 unspecified atom stereocenters. The van der Waals surface area contributed by atoms with Crippen LogP contribution in [-0.4, -0.2) is 37.2 Å². The van der Waals surface area contributed by atoms with Crippen molar-refractivity contribution in [3.8, 4) is 0 Å². The Morgan fingerprint density at radius 2 is 2.05 bits per heavy atom. The molecule has 0 aromatic carbocycles. The Balaban J connectivity index is 2.28. The molecular formula is C12H16N4O5. The molecule has 1 aromatic heterocycles. The number of hydrogen-bond donors (Lipinski definition) is 2. The Bertz CT molecular complexity index is 588. The number of amides is 1. The molecular weight excluding hydrogens is 280 g/mol. The number of carbonyl (C=O) groups excluding carboxylic acids is 1. The van der Waals surface area contributed by atoms with Crippen molar-refractivity contribution in [2.24, 2.45) is 7.05 Å². The second-order valence-corrected chi connectivity index (χ2v) is 5.20. The van der Waals surface area contributed by atoms with Crippen LogP contribution in [0.4, 0.5) is 5.69 Å². The van der Waals surface area contributed by atoms with Crippen molar-refractivity contribution in [3.05, 3.63) is 22.0 Å². The van der Waals surface area contributed by atoms with Gasteiger partial charge in [0, 0.05) is 7.05 Å². The number of aliphatic carboxylic acids is 1. The summed E-state index contributed by atoms with van der Waals surface area (Å²) in [7, 11) is 1.46. The molecule has 0 bridgehead atoms. The number of nitro groups is 1. The highest BCUT2D eigenvalue weighted by atomic mass is 16.6. The molecule has 1 amide bonds. The smallest absolute Gasteiger partial charge is 0.329 e. The molecule has 0 saturated heterocycles. The predicted octanol–water partition coefficient (Wildman–Crippen LogP) is 0.846. The number of carboxylic acid groups (broad SMARTS) is 1. The van der Waals surface area contributed by atoms with Crippen LogP contribution in [0.2, 0.25) is 0 Å². The summed E-state index contributed by atoms with van der Waals surface area (Å²) in [5.41, 5.74) is -2.17. The van der Waals surface area contributed by atoms with Crippen LogP contribution >= 0.6 is 0 Å². The van der Waals surface area contributed by atoms with E-state index in [0.29, 0.717) is 25.7 Å². The monoisotopic (exact) mass is 296 g/mol. The minimum absolute atomic E-state index is 0.314. The van der Waals surface area contributed by atoms with Crippen molar-refractivity contribution in [2.45, 2.75) is 37.6 Å². The summed E-state index contributed by atoms with van der Waals surface area (Å²) in [5, 5.41) is 26.5. The first-order valence-electron chi connectivity index (χ1n) is 6.60. The van der Waals surface area contributed by atoms with E-state index in [-0.39, 0.29) is 5.69 Å². The van der Waals surface area contributed by atoms with Gasteiger partial charge in [0.15, 0.2) is 0 Å². The molecule has 9 nitrogen and oxygen atoms in total. The van der Waals surface area contributed by atoms with E-state index in [1.54, 1.807) is 0 Å². The second-order valence-electron chi connectivity index (χ2n) is 5.20. The van der Waals surface area contributed by atoms with Crippen LogP contribution in [0, 0.1) is 10.1 Å². The summed E-state index contributed by atoms with van der Waals surface area (Å²) in [5.74, 6) is -1.94. The Morgan fingerprint density at radius 3 is 2.57 bits per heavy atom. The normalized spacial score (nSPS) is 17.2. The van der Waals surface area contributed by atoms with Crippen LogP contribution in [0.25, 0.3) is 0 Å². The molecule has 0 atom stereocenters. The van der Waals surface area contributed by atoms with Crippen molar-refractivity contribution in [1.82, 2.24) is 15.1 Å². The van der Waals surface area contributed by atoms with Gasteiger partial charge in [-0.3, -0.25) is 19.6 Å². The summed E-state index contributed by atoms with van der Waals surface area (Å²) in [6.07, 6.45) is 4.04. The van der Waals surface area contributed by atoms with E-state index in [1.165, 1.54) is 7.05 Å². The number of carboxylic acids is 1. The lowest BCUT2D eigenvalue weighted by Gasteiger charge is -2.33. The summed E-state index contributed by atoms with van der Waals surface area (Å²) in [6.45, 7) is 0. The second kappa shape index (κ2) is 5.51. The molecule has 0 radical (unpaired) electrons. The first kappa shape index (κ1) is 14.9. The fraction of sp³-hybridized carbons (Fsp3) is 0.583. The van der Waals surface area contributed by atoms with E-state index >= 15 is 0 Å². The van der Waals surface area contributed by atoms with Crippen molar-refractivity contribution < 1.29 is 19.6 Å². The SMILES string of the molecule is Cn1cc([N+](=O)[O-])c(C(=O)NC2(C(=O)O)CCCCC2)n1. The Morgan fingerprint density at radius 1 is 1.43 bits per heavy atom.